The molecule has 0 bridgehead atoms. The van der Waals surface area contributed by atoms with E-state index in [0.29, 0.717) is 16.5 Å². The molecule has 2 atom stereocenters. The minimum Gasteiger partial charge on any atom is -0.397 e. The molecule has 0 radical (unpaired) electrons. The molecule has 2 unspecified atom stereocenters. The first kappa shape index (κ1) is 13.9. The van der Waals surface area contributed by atoms with Gasteiger partial charge in [-0.1, -0.05) is 35.3 Å². The number of anilines is 1. The lowest BCUT2D eigenvalue weighted by Crippen LogP contribution is -2.36. The Labute approximate surface area is 130 Å². The summed E-state index contributed by atoms with van der Waals surface area (Å²) in [5.74, 6) is 0.524. The van der Waals surface area contributed by atoms with Gasteiger partial charge < -0.3 is 11.1 Å². The highest BCUT2D eigenvalue weighted by molar-refractivity contribution is 9.10. The number of nitrogens with two attached hydrogens (primary N) is 1. The van der Waals surface area contributed by atoms with Gasteiger partial charge >= 0.3 is 0 Å². The summed E-state index contributed by atoms with van der Waals surface area (Å²) in [6.07, 6.45) is 3.46. The van der Waals surface area contributed by atoms with Crippen molar-refractivity contribution < 1.29 is 4.79 Å². The van der Waals surface area contributed by atoms with Crippen LogP contribution in [0.15, 0.2) is 22.7 Å². The van der Waals surface area contributed by atoms with Gasteiger partial charge in [-0.2, -0.15) is 0 Å². The molecular formula is C15H17BrN2OS. The Morgan fingerprint density at radius 2 is 2.25 bits per heavy atom. The molecule has 1 aliphatic rings. The molecule has 1 amide bonds. The van der Waals surface area contributed by atoms with Gasteiger partial charge in [-0.15, -0.1) is 11.3 Å². The Balaban J connectivity index is 1.92. The molecule has 20 heavy (non-hydrogen) atoms. The van der Waals surface area contributed by atoms with E-state index in [1.807, 2.05) is 18.2 Å². The van der Waals surface area contributed by atoms with E-state index in [0.717, 1.165) is 21.0 Å². The zero-order valence-electron chi connectivity index (χ0n) is 11.3. The van der Waals surface area contributed by atoms with Crippen molar-refractivity contribution in [3.63, 3.8) is 0 Å². The lowest BCUT2D eigenvalue weighted by Gasteiger charge is -2.16. The Hall–Kier alpha value is -1.07. The molecule has 1 saturated carbocycles. The van der Waals surface area contributed by atoms with Crippen molar-refractivity contribution in [2.75, 3.05) is 5.73 Å². The third-order valence-corrected chi connectivity index (χ3v) is 5.92. The van der Waals surface area contributed by atoms with E-state index in [1.54, 1.807) is 0 Å². The summed E-state index contributed by atoms with van der Waals surface area (Å²) < 4.78 is 1.98. The molecule has 0 spiro atoms. The Kier molecular flexibility index (Phi) is 3.73. The van der Waals surface area contributed by atoms with Crippen molar-refractivity contribution in [3.8, 4) is 0 Å². The quantitative estimate of drug-likeness (QED) is 0.852. The number of rotatable bonds is 2. The molecule has 3 rings (SSSR count). The van der Waals surface area contributed by atoms with Gasteiger partial charge in [0.15, 0.2) is 0 Å². The van der Waals surface area contributed by atoms with Gasteiger partial charge in [0.2, 0.25) is 0 Å². The Morgan fingerprint density at radius 3 is 2.90 bits per heavy atom. The third kappa shape index (κ3) is 2.33. The highest BCUT2D eigenvalue weighted by Gasteiger charge is 2.27. The van der Waals surface area contributed by atoms with Crippen LogP contribution in [0.25, 0.3) is 10.1 Å². The van der Waals surface area contributed by atoms with E-state index in [-0.39, 0.29) is 11.9 Å². The standard InChI is InChI=1S/C15H17BrN2OS/c1-8-4-2-6-10(8)18-15(19)14-13(17)12-9(16)5-3-7-11(12)20-14/h3,5,7-8,10H,2,4,6,17H2,1H3,(H,18,19). The molecule has 1 fully saturated rings. The zero-order chi connectivity index (χ0) is 14.3. The molecule has 106 valence electrons. The fourth-order valence-electron chi connectivity index (χ4n) is 2.89. The van der Waals surface area contributed by atoms with Crippen LogP contribution in [-0.4, -0.2) is 11.9 Å². The van der Waals surface area contributed by atoms with Gasteiger partial charge in [0, 0.05) is 20.6 Å². The summed E-state index contributed by atoms with van der Waals surface area (Å²) >= 11 is 4.97. The zero-order valence-corrected chi connectivity index (χ0v) is 13.7. The predicted molar refractivity (Wildman–Crippen MR) is 88.2 cm³/mol. The van der Waals surface area contributed by atoms with Crippen LogP contribution in [0.3, 0.4) is 0 Å². The molecule has 3 N–H and O–H groups in total. The van der Waals surface area contributed by atoms with Crippen LogP contribution in [0.4, 0.5) is 5.69 Å². The summed E-state index contributed by atoms with van der Waals surface area (Å²) in [5.41, 5.74) is 6.75. The van der Waals surface area contributed by atoms with Crippen LogP contribution < -0.4 is 11.1 Å². The molecule has 1 aliphatic carbocycles. The van der Waals surface area contributed by atoms with Crippen LogP contribution >= 0.6 is 27.3 Å². The van der Waals surface area contributed by atoms with E-state index in [4.69, 9.17) is 5.73 Å². The fourth-order valence-corrected chi connectivity index (χ4v) is 4.65. The molecular weight excluding hydrogens is 336 g/mol. The fraction of sp³-hybridized carbons (Fsp3) is 0.400. The topological polar surface area (TPSA) is 55.1 Å². The second-order valence-corrected chi connectivity index (χ2v) is 7.35. The second kappa shape index (κ2) is 5.37. The van der Waals surface area contributed by atoms with Gasteiger partial charge in [0.1, 0.15) is 4.88 Å². The predicted octanol–water partition coefficient (Wildman–Crippen LogP) is 4.16. The highest BCUT2D eigenvalue weighted by Crippen LogP contribution is 2.38. The first-order valence-corrected chi connectivity index (χ1v) is 8.46. The molecule has 1 aromatic carbocycles. The maximum absolute atomic E-state index is 12.5. The first-order valence-electron chi connectivity index (χ1n) is 6.85. The van der Waals surface area contributed by atoms with Crippen molar-refractivity contribution in [1.29, 1.82) is 0 Å². The Morgan fingerprint density at radius 1 is 1.45 bits per heavy atom. The summed E-state index contributed by atoms with van der Waals surface area (Å²) in [6.45, 7) is 2.20. The molecule has 1 aromatic heterocycles. The molecule has 0 aliphatic heterocycles. The van der Waals surface area contributed by atoms with E-state index in [1.165, 1.54) is 24.2 Å². The number of amides is 1. The largest absolute Gasteiger partial charge is 0.397 e. The summed E-state index contributed by atoms with van der Waals surface area (Å²) in [4.78, 5) is 13.1. The number of fused-ring (bicyclic) bond motifs is 1. The van der Waals surface area contributed by atoms with Gasteiger partial charge in [-0.25, -0.2) is 0 Å². The third-order valence-electron chi connectivity index (χ3n) is 4.09. The molecule has 0 saturated heterocycles. The smallest absolute Gasteiger partial charge is 0.263 e. The maximum Gasteiger partial charge on any atom is 0.263 e. The second-order valence-electron chi connectivity index (χ2n) is 5.45. The Bertz CT molecular complexity index is 667. The van der Waals surface area contributed by atoms with Crippen molar-refractivity contribution in [2.45, 2.75) is 32.2 Å². The van der Waals surface area contributed by atoms with E-state index in [2.05, 4.69) is 28.2 Å². The average molecular weight is 353 g/mol. The number of hydrogen-bond acceptors (Lipinski definition) is 3. The number of halogens is 1. The summed E-state index contributed by atoms with van der Waals surface area (Å²) in [7, 11) is 0. The average Bonchev–Trinajstić information content (AvgIpc) is 2.95. The monoisotopic (exact) mass is 352 g/mol. The van der Waals surface area contributed by atoms with Crippen LogP contribution in [-0.2, 0) is 0 Å². The van der Waals surface area contributed by atoms with Gasteiger partial charge in [-0.05, 0) is 30.9 Å². The lowest BCUT2D eigenvalue weighted by atomic mass is 10.1. The number of benzene rings is 1. The number of carbonyl (C=O) groups is 1. The van der Waals surface area contributed by atoms with Crippen LogP contribution in [0.5, 0.6) is 0 Å². The minimum atomic E-state index is -0.0330. The molecule has 5 heteroatoms. The number of carbonyl (C=O) groups excluding carboxylic acids is 1. The number of nitrogen functional groups attached to an aromatic ring is 1. The molecule has 3 nitrogen and oxygen atoms in total. The molecule has 1 heterocycles. The number of nitrogens with one attached hydrogen (secondary N) is 1. The minimum absolute atomic E-state index is 0.0330. The van der Waals surface area contributed by atoms with Crippen molar-refractivity contribution in [2.24, 2.45) is 5.92 Å². The van der Waals surface area contributed by atoms with Gasteiger partial charge in [-0.3, -0.25) is 4.79 Å². The highest BCUT2D eigenvalue weighted by atomic mass is 79.9. The first-order chi connectivity index (χ1) is 9.58. The van der Waals surface area contributed by atoms with Gasteiger partial charge in [0.05, 0.1) is 5.69 Å². The summed E-state index contributed by atoms with van der Waals surface area (Å²) in [5, 5.41) is 4.09. The van der Waals surface area contributed by atoms with Crippen molar-refractivity contribution >= 4 is 48.9 Å². The number of thiophene rings is 1. The SMILES string of the molecule is CC1CCCC1NC(=O)c1sc2cccc(Br)c2c1N. The van der Waals surface area contributed by atoms with E-state index < -0.39 is 0 Å². The van der Waals surface area contributed by atoms with Gasteiger partial charge in [0.25, 0.3) is 5.91 Å². The van der Waals surface area contributed by atoms with Crippen LogP contribution in [0, 0.1) is 5.92 Å². The number of hydrogen-bond donors (Lipinski definition) is 2. The molecule has 2 aromatic rings. The van der Waals surface area contributed by atoms with Crippen molar-refractivity contribution in [3.05, 3.63) is 27.5 Å². The normalized spacial score (nSPS) is 22.3. The van der Waals surface area contributed by atoms with Crippen LogP contribution in [0.1, 0.15) is 35.9 Å². The lowest BCUT2D eigenvalue weighted by molar-refractivity contribution is 0.0934. The van der Waals surface area contributed by atoms with Crippen molar-refractivity contribution in [1.82, 2.24) is 5.32 Å². The maximum atomic E-state index is 12.5. The van der Waals surface area contributed by atoms with Crippen LogP contribution in [0.2, 0.25) is 0 Å². The van der Waals surface area contributed by atoms with E-state index >= 15 is 0 Å². The van der Waals surface area contributed by atoms with E-state index in [9.17, 15) is 4.79 Å². The summed E-state index contributed by atoms with van der Waals surface area (Å²) in [6, 6.07) is 6.20.